The van der Waals surface area contributed by atoms with Crippen LogP contribution in [0.1, 0.15) is 40.4 Å². The van der Waals surface area contributed by atoms with E-state index in [9.17, 15) is 9.59 Å². The maximum atomic E-state index is 12.3. The van der Waals surface area contributed by atoms with Gasteiger partial charge in [0, 0.05) is 0 Å². The average molecular weight is 404 g/mol. The van der Waals surface area contributed by atoms with Crippen molar-refractivity contribution in [1.82, 2.24) is 5.32 Å². The van der Waals surface area contributed by atoms with Crippen molar-refractivity contribution in [2.45, 2.75) is 25.3 Å². The number of esters is 1. The predicted octanol–water partition coefficient (Wildman–Crippen LogP) is 3.71. The van der Waals surface area contributed by atoms with Crippen molar-refractivity contribution in [2.75, 3.05) is 20.8 Å². The molecule has 1 atom stereocenters. The SMILES string of the molecule is COc1cc(C(=O)OCC(=O)N[C@@H]2CCCc3ccccc32)cc(Cl)c1OC. The summed E-state index contributed by atoms with van der Waals surface area (Å²) in [5, 5.41) is 3.17. The van der Waals surface area contributed by atoms with Gasteiger partial charge in [-0.2, -0.15) is 0 Å². The van der Waals surface area contributed by atoms with E-state index < -0.39 is 5.97 Å². The van der Waals surface area contributed by atoms with E-state index in [1.807, 2.05) is 18.2 Å². The lowest BCUT2D eigenvalue weighted by Crippen LogP contribution is -2.34. The summed E-state index contributed by atoms with van der Waals surface area (Å²) in [5.41, 5.74) is 2.55. The summed E-state index contributed by atoms with van der Waals surface area (Å²) >= 11 is 6.10. The highest BCUT2D eigenvalue weighted by Gasteiger charge is 2.22. The molecule has 1 aliphatic rings. The standard InChI is InChI=1S/C21H22ClNO5/c1-26-18-11-14(10-16(22)20(18)27-2)21(25)28-12-19(24)23-17-9-5-7-13-6-3-4-8-15(13)17/h3-4,6,8,10-11,17H,5,7,9,12H2,1-2H3,(H,23,24)/t17-/m1/s1. The summed E-state index contributed by atoms with van der Waals surface area (Å²) in [6, 6.07) is 10.9. The lowest BCUT2D eigenvalue weighted by Gasteiger charge is -2.26. The van der Waals surface area contributed by atoms with Gasteiger partial charge in [-0.3, -0.25) is 4.79 Å². The fourth-order valence-corrected chi connectivity index (χ4v) is 3.68. The largest absolute Gasteiger partial charge is 0.493 e. The van der Waals surface area contributed by atoms with Gasteiger partial charge in [0.15, 0.2) is 18.1 Å². The number of methoxy groups -OCH3 is 2. The first-order valence-electron chi connectivity index (χ1n) is 8.99. The molecule has 0 spiro atoms. The summed E-state index contributed by atoms with van der Waals surface area (Å²) < 4.78 is 15.5. The predicted molar refractivity (Wildman–Crippen MR) is 105 cm³/mol. The number of fused-ring (bicyclic) bond motifs is 1. The zero-order valence-electron chi connectivity index (χ0n) is 15.8. The summed E-state index contributed by atoms with van der Waals surface area (Å²) in [5.74, 6) is -0.372. The molecule has 1 amide bonds. The van der Waals surface area contributed by atoms with Gasteiger partial charge in [0.05, 0.1) is 30.8 Å². The molecule has 6 nitrogen and oxygen atoms in total. The zero-order valence-corrected chi connectivity index (χ0v) is 16.5. The maximum Gasteiger partial charge on any atom is 0.338 e. The molecule has 1 N–H and O–H groups in total. The first-order chi connectivity index (χ1) is 13.5. The van der Waals surface area contributed by atoms with Gasteiger partial charge in [0.25, 0.3) is 5.91 Å². The van der Waals surface area contributed by atoms with Crippen molar-refractivity contribution in [1.29, 1.82) is 0 Å². The zero-order chi connectivity index (χ0) is 20.1. The smallest absolute Gasteiger partial charge is 0.338 e. The average Bonchev–Trinajstić information content (AvgIpc) is 2.71. The third-order valence-corrected chi connectivity index (χ3v) is 4.99. The molecule has 0 saturated heterocycles. The Morgan fingerprint density at radius 1 is 1.18 bits per heavy atom. The minimum Gasteiger partial charge on any atom is -0.493 e. The Morgan fingerprint density at radius 3 is 2.71 bits per heavy atom. The topological polar surface area (TPSA) is 73.9 Å². The first kappa shape index (κ1) is 20.0. The number of carbonyl (C=O) groups excluding carboxylic acids is 2. The second kappa shape index (κ2) is 8.97. The van der Waals surface area contributed by atoms with Gasteiger partial charge in [-0.1, -0.05) is 35.9 Å². The van der Waals surface area contributed by atoms with E-state index in [-0.39, 0.29) is 29.1 Å². The fourth-order valence-electron chi connectivity index (χ4n) is 3.39. The monoisotopic (exact) mass is 403 g/mol. The molecule has 0 aromatic heterocycles. The van der Waals surface area contributed by atoms with Crippen LogP contribution in [0.15, 0.2) is 36.4 Å². The van der Waals surface area contributed by atoms with Gasteiger partial charge < -0.3 is 19.5 Å². The first-order valence-corrected chi connectivity index (χ1v) is 9.37. The summed E-state index contributed by atoms with van der Waals surface area (Å²) in [7, 11) is 2.90. The number of amides is 1. The van der Waals surface area contributed by atoms with Crippen LogP contribution in [0.5, 0.6) is 11.5 Å². The molecule has 2 aromatic rings. The summed E-state index contributed by atoms with van der Waals surface area (Å²) in [6.07, 6.45) is 2.88. The van der Waals surface area contributed by atoms with E-state index in [2.05, 4.69) is 11.4 Å². The lowest BCUT2D eigenvalue weighted by molar-refractivity contribution is -0.125. The Bertz CT molecular complexity index is 883. The molecule has 7 heteroatoms. The van der Waals surface area contributed by atoms with Gasteiger partial charge in [-0.05, 0) is 42.5 Å². The Balaban J connectivity index is 1.61. The lowest BCUT2D eigenvalue weighted by atomic mass is 9.88. The highest BCUT2D eigenvalue weighted by atomic mass is 35.5. The summed E-state index contributed by atoms with van der Waals surface area (Å²) in [6.45, 7) is -0.372. The molecule has 3 rings (SSSR count). The van der Waals surface area contributed by atoms with Gasteiger partial charge in [-0.25, -0.2) is 4.79 Å². The number of rotatable bonds is 6. The fraction of sp³-hybridized carbons (Fsp3) is 0.333. The van der Waals surface area contributed by atoms with E-state index in [0.717, 1.165) is 24.8 Å². The van der Waals surface area contributed by atoms with Crippen LogP contribution in [-0.2, 0) is 16.0 Å². The highest BCUT2D eigenvalue weighted by molar-refractivity contribution is 6.32. The van der Waals surface area contributed by atoms with Crippen LogP contribution in [-0.4, -0.2) is 32.7 Å². The third kappa shape index (κ3) is 4.39. The Hall–Kier alpha value is -2.73. The van der Waals surface area contributed by atoms with Gasteiger partial charge >= 0.3 is 5.97 Å². The Labute approximate surface area is 168 Å². The quantitative estimate of drug-likeness (QED) is 0.744. The number of hydrogen-bond acceptors (Lipinski definition) is 5. The molecule has 0 heterocycles. The van der Waals surface area contributed by atoms with Crippen molar-refractivity contribution in [3.8, 4) is 11.5 Å². The van der Waals surface area contributed by atoms with Crippen molar-refractivity contribution >= 4 is 23.5 Å². The van der Waals surface area contributed by atoms with E-state index in [1.54, 1.807) is 0 Å². The number of aryl methyl sites for hydroxylation is 1. The third-order valence-electron chi connectivity index (χ3n) is 4.71. The van der Waals surface area contributed by atoms with Crippen molar-refractivity contribution in [3.05, 3.63) is 58.1 Å². The minimum atomic E-state index is -0.665. The van der Waals surface area contributed by atoms with Crippen LogP contribution in [0, 0.1) is 0 Å². The molecule has 28 heavy (non-hydrogen) atoms. The van der Waals surface area contributed by atoms with Crippen LogP contribution in [0.3, 0.4) is 0 Å². The number of carbonyl (C=O) groups is 2. The molecule has 0 bridgehead atoms. The van der Waals surface area contributed by atoms with Crippen molar-refractivity contribution in [2.24, 2.45) is 0 Å². The van der Waals surface area contributed by atoms with E-state index in [1.165, 1.54) is 31.9 Å². The second-order valence-corrected chi connectivity index (χ2v) is 6.89. The van der Waals surface area contributed by atoms with Crippen LogP contribution < -0.4 is 14.8 Å². The Morgan fingerprint density at radius 2 is 1.96 bits per heavy atom. The minimum absolute atomic E-state index is 0.0633. The van der Waals surface area contributed by atoms with E-state index >= 15 is 0 Å². The molecule has 0 unspecified atom stereocenters. The van der Waals surface area contributed by atoms with Crippen LogP contribution in [0.25, 0.3) is 0 Å². The van der Waals surface area contributed by atoms with Gasteiger partial charge in [0.1, 0.15) is 0 Å². The number of benzene rings is 2. The van der Waals surface area contributed by atoms with Gasteiger partial charge in [0.2, 0.25) is 0 Å². The van der Waals surface area contributed by atoms with Crippen LogP contribution >= 0.6 is 11.6 Å². The van der Waals surface area contributed by atoms with E-state index in [4.69, 9.17) is 25.8 Å². The maximum absolute atomic E-state index is 12.3. The van der Waals surface area contributed by atoms with Gasteiger partial charge in [-0.15, -0.1) is 0 Å². The second-order valence-electron chi connectivity index (χ2n) is 6.48. The molecule has 148 valence electrons. The highest BCUT2D eigenvalue weighted by Crippen LogP contribution is 2.36. The van der Waals surface area contributed by atoms with Crippen molar-refractivity contribution in [3.63, 3.8) is 0 Å². The number of halogens is 1. The van der Waals surface area contributed by atoms with Crippen LogP contribution in [0.2, 0.25) is 5.02 Å². The normalized spacial score (nSPS) is 15.3. The van der Waals surface area contributed by atoms with Crippen LogP contribution in [0.4, 0.5) is 0 Å². The molecule has 0 saturated carbocycles. The number of hydrogen-bond donors (Lipinski definition) is 1. The molecule has 1 aliphatic carbocycles. The van der Waals surface area contributed by atoms with Crippen molar-refractivity contribution < 1.29 is 23.8 Å². The number of nitrogens with one attached hydrogen (secondary N) is 1. The number of ether oxygens (including phenoxy) is 3. The molecular weight excluding hydrogens is 382 g/mol. The Kier molecular flexibility index (Phi) is 6.41. The molecule has 2 aromatic carbocycles. The molecular formula is C21H22ClNO5. The van der Waals surface area contributed by atoms with E-state index in [0.29, 0.717) is 11.5 Å². The molecule has 0 fully saturated rings. The molecule has 0 aliphatic heterocycles. The summed E-state index contributed by atoms with van der Waals surface area (Å²) in [4.78, 5) is 24.6. The molecule has 0 radical (unpaired) electrons.